The number of benzene rings is 3. The van der Waals surface area contributed by atoms with Crippen molar-refractivity contribution >= 4 is 11.7 Å². The van der Waals surface area contributed by atoms with Gasteiger partial charge >= 0.3 is 0 Å². The molecule has 38 heavy (non-hydrogen) atoms. The van der Waals surface area contributed by atoms with Gasteiger partial charge in [-0.25, -0.2) is 0 Å². The first-order valence-corrected chi connectivity index (χ1v) is 12.0. The van der Waals surface area contributed by atoms with Gasteiger partial charge in [0.1, 0.15) is 23.2 Å². The molecular weight excluding hydrogens is 478 g/mol. The zero-order chi connectivity index (χ0) is 26.3. The molecule has 7 heteroatoms. The summed E-state index contributed by atoms with van der Waals surface area (Å²) in [6.07, 6.45) is 1.60. The normalized spacial score (nSPS) is 10.5. The minimum absolute atomic E-state index is 0.265. The second-order valence-electron chi connectivity index (χ2n) is 8.44. The van der Waals surface area contributed by atoms with Gasteiger partial charge in [-0.1, -0.05) is 72.8 Å². The zero-order valence-corrected chi connectivity index (χ0v) is 20.8. The number of rotatable bonds is 9. The van der Waals surface area contributed by atoms with Crippen molar-refractivity contribution < 1.29 is 18.7 Å². The number of hydrogen-bond acceptors (Lipinski definition) is 5. The van der Waals surface area contributed by atoms with E-state index in [0.29, 0.717) is 35.2 Å². The van der Waals surface area contributed by atoms with Crippen LogP contribution < -0.4 is 14.8 Å². The van der Waals surface area contributed by atoms with Crippen molar-refractivity contribution in [2.24, 2.45) is 0 Å². The van der Waals surface area contributed by atoms with Gasteiger partial charge in [0.15, 0.2) is 18.1 Å². The summed E-state index contributed by atoms with van der Waals surface area (Å²) in [4.78, 5) is 13.2. The van der Waals surface area contributed by atoms with Crippen LogP contribution in [0.5, 0.6) is 11.5 Å². The van der Waals surface area contributed by atoms with E-state index in [1.807, 2.05) is 83.4 Å². The van der Waals surface area contributed by atoms with Gasteiger partial charge in [0.25, 0.3) is 5.91 Å². The maximum absolute atomic E-state index is 13.2. The molecule has 2 heterocycles. The monoisotopic (exact) mass is 503 g/mol. The minimum atomic E-state index is -0.412. The Kier molecular flexibility index (Phi) is 7.23. The number of nitrogens with one attached hydrogen (secondary N) is 1. The van der Waals surface area contributed by atoms with Crippen molar-refractivity contribution in [1.82, 2.24) is 4.57 Å². The third kappa shape index (κ3) is 5.01. The number of hydrogen-bond donors (Lipinski definition) is 1. The number of nitriles is 1. The van der Waals surface area contributed by atoms with Crippen LogP contribution in [0.1, 0.15) is 11.3 Å². The molecule has 0 aliphatic heterocycles. The SMILES string of the molecule is COc1ccccc1OCC(=O)Nc1c(C#N)c(-c2ccccc2)c(-c2ccccc2)n1Cc1ccco1. The van der Waals surface area contributed by atoms with Gasteiger partial charge in [0, 0.05) is 5.56 Å². The van der Waals surface area contributed by atoms with Gasteiger partial charge in [-0.05, 0) is 35.4 Å². The number of anilines is 1. The molecule has 1 amide bonds. The molecule has 0 radical (unpaired) electrons. The van der Waals surface area contributed by atoms with E-state index in [4.69, 9.17) is 13.9 Å². The fourth-order valence-corrected chi connectivity index (χ4v) is 4.41. The number of amides is 1. The first-order valence-electron chi connectivity index (χ1n) is 12.0. The molecule has 188 valence electrons. The van der Waals surface area contributed by atoms with E-state index in [-0.39, 0.29) is 6.61 Å². The molecule has 0 aliphatic rings. The quantitative estimate of drug-likeness (QED) is 0.253. The van der Waals surface area contributed by atoms with Crippen LogP contribution in [0, 0.1) is 11.3 Å². The molecule has 0 spiro atoms. The Balaban J connectivity index is 1.61. The summed E-state index contributed by atoms with van der Waals surface area (Å²) < 4.78 is 18.6. The topological polar surface area (TPSA) is 89.4 Å². The highest BCUT2D eigenvalue weighted by atomic mass is 16.5. The standard InChI is InChI=1S/C31H25N3O4/c1-36-26-16-8-9-17-27(26)38-21-28(35)33-31-25(19-32)29(22-11-4-2-5-12-22)30(23-13-6-3-7-14-23)34(31)20-24-15-10-18-37-24/h2-18H,20-21H2,1H3,(H,33,35). The lowest BCUT2D eigenvalue weighted by atomic mass is 9.98. The van der Waals surface area contributed by atoms with E-state index in [9.17, 15) is 10.1 Å². The van der Waals surface area contributed by atoms with Crippen LogP contribution in [-0.4, -0.2) is 24.2 Å². The molecule has 0 saturated heterocycles. The first-order chi connectivity index (χ1) is 18.7. The molecule has 5 aromatic rings. The van der Waals surface area contributed by atoms with Crippen LogP contribution in [-0.2, 0) is 11.3 Å². The van der Waals surface area contributed by atoms with Crippen LogP contribution in [0.3, 0.4) is 0 Å². The molecule has 2 aromatic heterocycles. The number of carbonyl (C=O) groups excluding carboxylic acids is 1. The average Bonchev–Trinajstić information content (AvgIpc) is 3.59. The molecule has 7 nitrogen and oxygen atoms in total. The maximum Gasteiger partial charge on any atom is 0.263 e. The summed E-state index contributed by atoms with van der Waals surface area (Å²) in [5, 5.41) is 13.3. The van der Waals surface area contributed by atoms with Crippen molar-refractivity contribution in [3.8, 4) is 40.0 Å². The number of carbonyl (C=O) groups is 1. The van der Waals surface area contributed by atoms with Gasteiger partial charge in [0.05, 0.1) is 25.6 Å². The second kappa shape index (κ2) is 11.2. The van der Waals surface area contributed by atoms with Crippen LogP contribution in [0.2, 0.25) is 0 Å². The minimum Gasteiger partial charge on any atom is -0.493 e. The van der Waals surface area contributed by atoms with E-state index >= 15 is 0 Å². The summed E-state index contributed by atoms with van der Waals surface area (Å²) in [5.74, 6) is 1.62. The fourth-order valence-electron chi connectivity index (χ4n) is 4.41. The van der Waals surface area contributed by atoms with E-state index in [2.05, 4.69) is 11.4 Å². The number of para-hydroxylation sites is 2. The van der Waals surface area contributed by atoms with Crippen molar-refractivity contribution in [3.05, 3.63) is 115 Å². The second-order valence-corrected chi connectivity index (χ2v) is 8.44. The van der Waals surface area contributed by atoms with E-state index in [0.717, 1.165) is 22.4 Å². The van der Waals surface area contributed by atoms with Gasteiger partial charge in [-0.15, -0.1) is 0 Å². The highest BCUT2D eigenvalue weighted by Crippen LogP contribution is 2.42. The zero-order valence-electron chi connectivity index (χ0n) is 20.8. The molecule has 0 saturated carbocycles. The Morgan fingerprint density at radius 2 is 1.55 bits per heavy atom. The van der Waals surface area contributed by atoms with E-state index in [1.54, 1.807) is 31.6 Å². The van der Waals surface area contributed by atoms with Crippen molar-refractivity contribution in [2.45, 2.75) is 6.54 Å². The molecule has 3 aromatic carbocycles. The van der Waals surface area contributed by atoms with Crippen molar-refractivity contribution in [3.63, 3.8) is 0 Å². The Hall–Kier alpha value is -5.22. The molecule has 0 bridgehead atoms. The fraction of sp³-hybridized carbons (Fsp3) is 0.0968. The molecule has 5 rings (SSSR count). The van der Waals surface area contributed by atoms with Gasteiger partial charge in [-0.3, -0.25) is 4.79 Å². The largest absolute Gasteiger partial charge is 0.493 e. The molecule has 0 aliphatic carbocycles. The maximum atomic E-state index is 13.2. The van der Waals surface area contributed by atoms with Gasteiger partial charge < -0.3 is 23.8 Å². The summed E-state index contributed by atoms with van der Waals surface area (Å²) >= 11 is 0. The lowest BCUT2D eigenvalue weighted by Crippen LogP contribution is -2.23. The van der Waals surface area contributed by atoms with Crippen LogP contribution in [0.4, 0.5) is 5.82 Å². The third-order valence-corrected chi connectivity index (χ3v) is 6.06. The van der Waals surface area contributed by atoms with Crippen LogP contribution in [0.15, 0.2) is 108 Å². The van der Waals surface area contributed by atoms with Gasteiger partial charge in [-0.2, -0.15) is 5.26 Å². The predicted molar refractivity (Wildman–Crippen MR) is 145 cm³/mol. The first kappa shape index (κ1) is 24.5. The van der Waals surface area contributed by atoms with Crippen molar-refractivity contribution in [2.75, 3.05) is 19.0 Å². The summed E-state index contributed by atoms with van der Waals surface area (Å²) in [6, 6.07) is 32.6. The Morgan fingerprint density at radius 3 is 2.18 bits per heavy atom. The lowest BCUT2D eigenvalue weighted by molar-refractivity contribution is -0.118. The lowest BCUT2D eigenvalue weighted by Gasteiger charge is -2.15. The summed E-state index contributed by atoms with van der Waals surface area (Å²) in [6.45, 7) is 0.0419. The Bertz CT molecular complexity index is 1570. The smallest absolute Gasteiger partial charge is 0.263 e. The Morgan fingerprint density at radius 1 is 0.895 bits per heavy atom. The molecule has 0 atom stereocenters. The number of ether oxygens (including phenoxy) is 2. The highest BCUT2D eigenvalue weighted by molar-refractivity contribution is 5.98. The number of methoxy groups -OCH3 is 1. The molecule has 0 fully saturated rings. The number of furan rings is 1. The molecule has 1 N–H and O–H groups in total. The van der Waals surface area contributed by atoms with Crippen LogP contribution in [0.25, 0.3) is 22.4 Å². The molecule has 0 unspecified atom stereocenters. The van der Waals surface area contributed by atoms with E-state index in [1.165, 1.54) is 0 Å². The highest BCUT2D eigenvalue weighted by Gasteiger charge is 2.27. The van der Waals surface area contributed by atoms with Gasteiger partial charge in [0.2, 0.25) is 0 Å². The Labute approximate surface area is 220 Å². The third-order valence-electron chi connectivity index (χ3n) is 6.06. The van der Waals surface area contributed by atoms with E-state index < -0.39 is 5.91 Å². The number of aromatic nitrogens is 1. The predicted octanol–water partition coefficient (Wildman–Crippen LogP) is 6.36. The summed E-state index contributed by atoms with van der Waals surface area (Å²) in [7, 11) is 1.54. The molecular formula is C31H25N3O4. The van der Waals surface area contributed by atoms with Crippen LogP contribution >= 0.6 is 0 Å². The summed E-state index contributed by atoms with van der Waals surface area (Å²) in [5.41, 5.74) is 3.65. The van der Waals surface area contributed by atoms with Crippen molar-refractivity contribution in [1.29, 1.82) is 5.26 Å². The number of nitrogens with zero attached hydrogens (tertiary/aromatic N) is 2. The average molecular weight is 504 g/mol.